The molecule has 5 nitrogen and oxygen atoms in total. The molecule has 0 radical (unpaired) electrons. The zero-order chi connectivity index (χ0) is 11.8. The van der Waals surface area contributed by atoms with Gasteiger partial charge in [0, 0.05) is 0 Å². The summed E-state index contributed by atoms with van der Waals surface area (Å²) >= 11 is 0. The van der Waals surface area contributed by atoms with Crippen molar-refractivity contribution in [3.63, 3.8) is 0 Å². The van der Waals surface area contributed by atoms with Crippen molar-refractivity contribution in [2.75, 3.05) is 0 Å². The molecule has 0 saturated heterocycles. The predicted octanol–water partition coefficient (Wildman–Crippen LogP) is 0.311. The third-order valence-corrected chi connectivity index (χ3v) is 2.01. The second-order valence-corrected chi connectivity index (χ2v) is 3.53. The number of hydrogen-bond acceptors (Lipinski definition) is 5. The minimum Gasteiger partial charge on any atom is -0.391 e. The molecule has 0 rings (SSSR count). The van der Waals surface area contributed by atoms with Crippen molar-refractivity contribution in [2.45, 2.75) is 51.6 Å². The molecule has 0 saturated carbocycles. The van der Waals surface area contributed by atoms with Gasteiger partial charge in [-0.1, -0.05) is 26.7 Å². The van der Waals surface area contributed by atoms with Crippen molar-refractivity contribution in [3.05, 3.63) is 0 Å². The highest BCUT2D eigenvalue weighted by Gasteiger charge is 2.21. The summed E-state index contributed by atoms with van der Waals surface area (Å²) in [6, 6.07) is -1.46. The normalized spacial score (nSPS) is 14.4. The zero-order valence-corrected chi connectivity index (χ0v) is 9.36. The number of carbonyl (C=O) groups excluding carboxylic acids is 2. The van der Waals surface area contributed by atoms with Gasteiger partial charge in [-0.25, -0.2) is 9.59 Å². The van der Waals surface area contributed by atoms with Crippen LogP contribution in [-0.2, 0) is 14.3 Å². The zero-order valence-electron chi connectivity index (χ0n) is 9.36. The summed E-state index contributed by atoms with van der Waals surface area (Å²) in [6.07, 6.45) is 2.56. The highest BCUT2D eigenvalue weighted by molar-refractivity contribution is 5.90. The van der Waals surface area contributed by atoms with Crippen LogP contribution in [0.5, 0.6) is 0 Å². The first kappa shape index (κ1) is 14.1. The molecule has 0 aromatic heterocycles. The lowest BCUT2D eigenvalue weighted by Gasteiger charge is -2.12. The molecule has 2 atom stereocenters. The molecule has 0 aliphatic carbocycles. The number of carbonyl (C=O) groups is 2. The third kappa shape index (κ3) is 5.49. The van der Waals surface area contributed by atoms with Crippen molar-refractivity contribution in [1.82, 2.24) is 0 Å². The SMILES string of the molecule is CCCC(N)C(=O)OC(=O)C(N)CCC. The van der Waals surface area contributed by atoms with E-state index in [-0.39, 0.29) is 0 Å². The molecule has 0 fully saturated rings. The average molecular weight is 216 g/mol. The molecule has 0 aromatic rings. The molecule has 0 aromatic carbocycles. The Kier molecular flexibility index (Phi) is 6.90. The molecule has 5 heteroatoms. The Morgan fingerprint density at radius 2 is 1.33 bits per heavy atom. The maximum atomic E-state index is 11.2. The first-order chi connectivity index (χ1) is 7.02. The molecule has 15 heavy (non-hydrogen) atoms. The van der Waals surface area contributed by atoms with Gasteiger partial charge in [-0.3, -0.25) is 0 Å². The lowest BCUT2D eigenvalue weighted by molar-refractivity contribution is -0.161. The van der Waals surface area contributed by atoms with Crippen molar-refractivity contribution in [1.29, 1.82) is 0 Å². The van der Waals surface area contributed by atoms with E-state index in [2.05, 4.69) is 4.74 Å². The van der Waals surface area contributed by atoms with Gasteiger partial charge in [0.15, 0.2) is 0 Å². The second-order valence-electron chi connectivity index (χ2n) is 3.53. The summed E-state index contributed by atoms with van der Waals surface area (Å²) in [6.45, 7) is 3.80. The third-order valence-electron chi connectivity index (χ3n) is 2.01. The lowest BCUT2D eigenvalue weighted by atomic mass is 10.2. The number of nitrogens with two attached hydrogens (primary N) is 2. The lowest BCUT2D eigenvalue weighted by Crippen LogP contribution is -2.39. The Morgan fingerprint density at radius 1 is 1.00 bits per heavy atom. The van der Waals surface area contributed by atoms with Gasteiger partial charge in [-0.15, -0.1) is 0 Å². The maximum Gasteiger partial charge on any atom is 0.330 e. The van der Waals surface area contributed by atoms with Crippen LogP contribution in [0.4, 0.5) is 0 Å². The summed E-state index contributed by atoms with van der Waals surface area (Å²) in [5, 5.41) is 0. The monoisotopic (exact) mass is 216 g/mol. The van der Waals surface area contributed by atoms with E-state index in [0.29, 0.717) is 12.8 Å². The van der Waals surface area contributed by atoms with Gasteiger partial charge in [-0.2, -0.15) is 0 Å². The first-order valence-corrected chi connectivity index (χ1v) is 5.29. The van der Waals surface area contributed by atoms with E-state index in [9.17, 15) is 9.59 Å². The Balaban J connectivity index is 4.00. The Bertz CT molecular complexity index is 197. The molecule has 88 valence electrons. The van der Waals surface area contributed by atoms with Gasteiger partial charge in [0.25, 0.3) is 0 Å². The van der Waals surface area contributed by atoms with Crippen molar-refractivity contribution in [3.8, 4) is 0 Å². The molecular weight excluding hydrogens is 196 g/mol. The highest BCUT2D eigenvalue weighted by Crippen LogP contribution is 2.00. The fourth-order valence-electron chi connectivity index (χ4n) is 1.11. The van der Waals surface area contributed by atoms with Gasteiger partial charge in [-0.05, 0) is 12.8 Å². The van der Waals surface area contributed by atoms with Crippen LogP contribution < -0.4 is 11.5 Å². The summed E-state index contributed by atoms with van der Waals surface area (Å²) in [5.41, 5.74) is 11.0. The van der Waals surface area contributed by atoms with E-state index < -0.39 is 24.0 Å². The Morgan fingerprint density at radius 3 is 1.60 bits per heavy atom. The van der Waals surface area contributed by atoms with E-state index in [1.807, 2.05) is 13.8 Å². The highest BCUT2D eigenvalue weighted by atomic mass is 16.6. The van der Waals surface area contributed by atoms with Crippen molar-refractivity contribution in [2.24, 2.45) is 11.5 Å². The van der Waals surface area contributed by atoms with E-state index >= 15 is 0 Å². The standard InChI is InChI=1S/C10H20N2O3/c1-3-5-7(11)9(13)15-10(14)8(12)6-4-2/h7-8H,3-6,11-12H2,1-2H3. The van der Waals surface area contributed by atoms with Gasteiger partial charge in [0.2, 0.25) is 0 Å². The molecule has 0 bridgehead atoms. The topological polar surface area (TPSA) is 95.4 Å². The maximum absolute atomic E-state index is 11.2. The summed E-state index contributed by atoms with van der Waals surface area (Å²) in [5.74, 6) is -1.37. The minimum absolute atomic E-state index is 0.509. The molecule has 4 N–H and O–H groups in total. The van der Waals surface area contributed by atoms with E-state index in [0.717, 1.165) is 12.8 Å². The predicted molar refractivity (Wildman–Crippen MR) is 56.9 cm³/mol. The Hall–Kier alpha value is -0.940. The fourth-order valence-corrected chi connectivity index (χ4v) is 1.11. The molecule has 0 aliphatic rings. The summed E-state index contributed by atoms with van der Waals surface area (Å²) < 4.78 is 4.55. The average Bonchev–Trinajstić information content (AvgIpc) is 2.18. The van der Waals surface area contributed by atoms with Gasteiger partial charge >= 0.3 is 11.9 Å². The largest absolute Gasteiger partial charge is 0.391 e. The van der Waals surface area contributed by atoms with Gasteiger partial charge in [0.1, 0.15) is 12.1 Å². The number of rotatable bonds is 6. The number of ether oxygens (including phenoxy) is 1. The van der Waals surface area contributed by atoms with Crippen molar-refractivity contribution < 1.29 is 14.3 Å². The van der Waals surface area contributed by atoms with Crippen LogP contribution in [0.3, 0.4) is 0 Å². The molecule has 0 aliphatic heterocycles. The van der Waals surface area contributed by atoms with Crippen LogP contribution in [0.2, 0.25) is 0 Å². The smallest absolute Gasteiger partial charge is 0.330 e. The van der Waals surface area contributed by atoms with Crippen LogP contribution in [0.1, 0.15) is 39.5 Å². The first-order valence-electron chi connectivity index (χ1n) is 5.29. The van der Waals surface area contributed by atoms with E-state index in [4.69, 9.17) is 11.5 Å². The van der Waals surface area contributed by atoms with E-state index in [1.165, 1.54) is 0 Å². The van der Waals surface area contributed by atoms with Gasteiger partial charge in [0.05, 0.1) is 0 Å². The van der Waals surface area contributed by atoms with Crippen molar-refractivity contribution >= 4 is 11.9 Å². The molecule has 0 spiro atoms. The second kappa shape index (κ2) is 7.36. The molecular formula is C10H20N2O3. The van der Waals surface area contributed by atoms with Crippen LogP contribution in [-0.4, -0.2) is 24.0 Å². The summed E-state index contributed by atoms with van der Waals surface area (Å²) in [7, 11) is 0. The van der Waals surface area contributed by atoms with Crippen LogP contribution in [0, 0.1) is 0 Å². The Labute approximate surface area is 90.1 Å². The molecule has 0 heterocycles. The molecule has 0 amide bonds. The quantitative estimate of drug-likeness (QED) is 0.492. The van der Waals surface area contributed by atoms with Gasteiger partial charge < -0.3 is 16.2 Å². The van der Waals surface area contributed by atoms with Crippen LogP contribution >= 0.6 is 0 Å². The number of hydrogen-bond donors (Lipinski definition) is 2. The molecule has 2 unspecified atom stereocenters. The van der Waals surface area contributed by atoms with E-state index in [1.54, 1.807) is 0 Å². The summed E-state index contributed by atoms with van der Waals surface area (Å²) in [4.78, 5) is 22.5. The number of esters is 2. The minimum atomic E-state index is -0.729. The van der Waals surface area contributed by atoms with Crippen LogP contribution in [0.25, 0.3) is 0 Å². The fraction of sp³-hybridized carbons (Fsp3) is 0.800. The van der Waals surface area contributed by atoms with Crippen LogP contribution in [0.15, 0.2) is 0 Å².